The van der Waals surface area contributed by atoms with Crippen LogP contribution < -0.4 is 0 Å². The Labute approximate surface area is 85.4 Å². The van der Waals surface area contributed by atoms with Crippen LogP contribution in [0, 0.1) is 5.41 Å². The molecule has 0 saturated carbocycles. The highest BCUT2D eigenvalue weighted by molar-refractivity contribution is 9.11. The van der Waals surface area contributed by atoms with Crippen molar-refractivity contribution in [3.05, 3.63) is 10.6 Å². The zero-order chi connectivity index (χ0) is 7.78. The van der Waals surface area contributed by atoms with Gasteiger partial charge in [-0.3, -0.25) is 5.41 Å². The van der Waals surface area contributed by atoms with Gasteiger partial charge in [-0.2, -0.15) is 0 Å². The first-order valence-electron chi connectivity index (χ1n) is 3.24. The van der Waals surface area contributed by atoms with Gasteiger partial charge in [0.05, 0.1) is 0 Å². The molecule has 1 atom stereocenters. The van der Waals surface area contributed by atoms with Crippen LogP contribution in [0.25, 0.3) is 0 Å². The molecule has 0 saturated heterocycles. The first-order chi connectivity index (χ1) is 4.58. The van der Waals surface area contributed by atoms with Gasteiger partial charge in [0, 0.05) is 10.6 Å². The second-order valence-corrected chi connectivity index (χ2v) is 3.40. The van der Waals surface area contributed by atoms with Gasteiger partial charge in [-0.15, -0.1) is 17.0 Å². The molecule has 1 heterocycles. The lowest BCUT2D eigenvalue weighted by Crippen LogP contribution is -2.24. The number of ether oxygens (including phenoxy) is 1. The molecule has 0 aromatic rings. The maximum absolute atomic E-state index is 7.21. The predicted octanol–water partition coefficient (Wildman–Crippen LogP) is 3.02. The lowest BCUT2D eigenvalue weighted by molar-refractivity contribution is 0.131. The Bertz CT molecular complexity index is 203. The zero-order valence-corrected chi connectivity index (χ0v) is 9.78. The normalized spacial score (nSPS) is 29.0. The van der Waals surface area contributed by atoms with Gasteiger partial charge < -0.3 is 4.74 Å². The molecule has 0 aliphatic carbocycles. The summed E-state index contributed by atoms with van der Waals surface area (Å²) in [6.07, 6.45) is 2.58. The van der Waals surface area contributed by atoms with Gasteiger partial charge >= 0.3 is 0 Å². The monoisotopic (exact) mass is 283 g/mol. The van der Waals surface area contributed by atoms with Crippen LogP contribution in [0.3, 0.4) is 0 Å². The summed E-state index contributed by atoms with van der Waals surface area (Å²) in [6, 6.07) is 0. The smallest absolute Gasteiger partial charge is 0.207 e. The third kappa shape index (κ3) is 2.06. The quantitative estimate of drug-likeness (QED) is 0.789. The fourth-order valence-electron chi connectivity index (χ4n) is 0.830. The van der Waals surface area contributed by atoms with E-state index in [1.54, 1.807) is 6.08 Å². The van der Waals surface area contributed by atoms with Crippen molar-refractivity contribution in [2.75, 3.05) is 0 Å². The van der Waals surface area contributed by atoms with E-state index in [1.165, 1.54) is 0 Å². The molecule has 11 heavy (non-hydrogen) atoms. The van der Waals surface area contributed by atoms with E-state index < -0.39 is 0 Å². The summed E-state index contributed by atoms with van der Waals surface area (Å²) in [5, 5.41) is 7.21. The van der Waals surface area contributed by atoms with E-state index in [1.807, 2.05) is 13.8 Å². The van der Waals surface area contributed by atoms with Crippen LogP contribution in [0.1, 0.15) is 20.3 Å². The topological polar surface area (TPSA) is 33.1 Å². The van der Waals surface area contributed by atoms with Gasteiger partial charge in [0.1, 0.15) is 5.60 Å². The lowest BCUT2D eigenvalue weighted by atomic mass is 10.1. The Morgan fingerprint density at radius 2 is 2.27 bits per heavy atom. The summed E-state index contributed by atoms with van der Waals surface area (Å²) in [6.45, 7) is 4.00. The Morgan fingerprint density at radius 1 is 1.73 bits per heavy atom. The number of hydrogen-bond acceptors (Lipinski definition) is 2. The molecule has 0 bridgehead atoms. The zero-order valence-electron chi connectivity index (χ0n) is 6.48. The average Bonchev–Trinajstić information content (AvgIpc) is 2.09. The van der Waals surface area contributed by atoms with Crippen molar-refractivity contribution in [3.63, 3.8) is 0 Å². The summed E-state index contributed by atoms with van der Waals surface area (Å²) in [5.74, 6) is 0.247. The molecule has 1 aliphatic rings. The molecular weight excluding hydrogens is 274 g/mol. The van der Waals surface area contributed by atoms with Gasteiger partial charge in [0.15, 0.2) is 0 Å². The molecule has 0 radical (unpaired) electrons. The van der Waals surface area contributed by atoms with Crippen molar-refractivity contribution in [2.24, 2.45) is 0 Å². The van der Waals surface area contributed by atoms with Gasteiger partial charge in [-0.25, -0.2) is 0 Å². The molecule has 0 spiro atoms. The van der Waals surface area contributed by atoms with Crippen molar-refractivity contribution < 1.29 is 4.74 Å². The fourth-order valence-corrected chi connectivity index (χ4v) is 1.40. The highest BCUT2D eigenvalue weighted by Gasteiger charge is 2.33. The lowest BCUT2D eigenvalue weighted by Gasteiger charge is -2.22. The van der Waals surface area contributed by atoms with Gasteiger partial charge in [0.2, 0.25) is 5.90 Å². The van der Waals surface area contributed by atoms with Gasteiger partial charge in [-0.1, -0.05) is 22.9 Å². The van der Waals surface area contributed by atoms with Crippen LogP contribution in [0.2, 0.25) is 0 Å². The molecule has 1 rings (SSSR count). The summed E-state index contributed by atoms with van der Waals surface area (Å²) < 4.78 is 6.22. The van der Waals surface area contributed by atoms with E-state index in [0.29, 0.717) is 0 Å². The molecule has 4 heteroatoms. The highest BCUT2D eigenvalue weighted by Crippen LogP contribution is 2.34. The van der Waals surface area contributed by atoms with E-state index in [4.69, 9.17) is 10.1 Å². The minimum atomic E-state index is -0.281. The maximum Gasteiger partial charge on any atom is 0.207 e. The van der Waals surface area contributed by atoms with Crippen LogP contribution >= 0.6 is 32.9 Å². The number of rotatable bonds is 1. The minimum absolute atomic E-state index is 0. The summed E-state index contributed by atoms with van der Waals surface area (Å²) in [5.41, 5.74) is -0.281. The van der Waals surface area contributed by atoms with Crippen molar-refractivity contribution >= 4 is 38.8 Å². The molecule has 0 aromatic carbocycles. The Kier molecular flexibility index (Phi) is 3.77. The number of hydrogen-bond donors (Lipinski definition) is 1. The molecule has 64 valence electrons. The van der Waals surface area contributed by atoms with E-state index in [2.05, 4.69) is 15.9 Å². The van der Waals surface area contributed by atoms with Crippen LogP contribution in [0.15, 0.2) is 10.6 Å². The van der Waals surface area contributed by atoms with E-state index >= 15 is 0 Å². The molecule has 2 nitrogen and oxygen atoms in total. The van der Waals surface area contributed by atoms with E-state index in [9.17, 15) is 0 Å². The SMILES string of the molecule is Br.CCC1(C)OC(=N)C=C1Br. The highest BCUT2D eigenvalue weighted by atomic mass is 79.9. The Morgan fingerprint density at radius 3 is 2.45 bits per heavy atom. The van der Waals surface area contributed by atoms with Crippen LogP contribution in [0.4, 0.5) is 0 Å². The van der Waals surface area contributed by atoms with E-state index in [0.717, 1.165) is 10.9 Å². The molecule has 0 aromatic heterocycles. The molecule has 1 aliphatic heterocycles. The fraction of sp³-hybridized carbons (Fsp3) is 0.571. The Hall–Kier alpha value is 0.170. The Balaban J connectivity index is 0.000001000. The maximum atomic E-state index is 7.21. The third-order valence-electron chi connectivity index (χ3n) is 1.77. The van der Waals surface area contributed by atoms with Gasteiger partial charge in [0.25, 0.3) is 0 Å². The number of nitrogens with one attached hydrogen (secondary N) is 1. The first kappa shape index (κ1) is 11.2. The molecule has 1 unspecified atom stereocenters. The minimum Gasteiger partial charge on any atom is -0.466 e. The van der Waals surface area contributed by atoms with Crippen LogP contribution in [-0.2, 0) is 4.74 Å². The summed E-state index contributed by atoms with van der Waals surface area (Å²) in [4.78, 5) is 0. The van der Waals surface area contributed by atoms with Crippen molar-refractivity contribution in [3.8, 4) is 0 Å². The summed E-state index contributed by atoms with van der Waals surface area (Å²) in [7, 11) is 0. The standard InChI is InChI=1S/C7H10BrNO.BrH/c1-3-7(2)5(8)4-6(9)10-7;/h4,9H,3H2,1-2H3;1H. The molecular formula is C7H11Br2NO. The summed E-state index contributed by atoms with van der Waals surface area (Å²) >= 11 is 3.36. The first-order valence-corrected chi connectivity index (χ1v) is 4.03. The second-order valence-electron chi connectivity index (χ2n) is 2.54. The largest absolute Gasteiger partial charge is 0.466 e. The van der Waals surface area contributed by atoms with E-state index in [-0.39, 0.29) is 28.5 Å². The van der Waals surface area contributed by atoms with Crippen molar-refractivity contribution in [1.82, 2.24) is 0 Å². The van der Waals surface area contributed by atoms with Crippen molar-refractivity contribution in [1.29, 1.82) is 5.41 Å². The predicted molar refractivity (Wildman–Crippen MR) is 54.8 cm³/mol. The average molecular weight is 285 g/mol. The van der Waals surface area contributed by atoms with Gasteiger partial charge in [-0.05, 0) is 13.3 Å². The molecule has 0 fully saturated rings. The molecule has 0 amide bonds. The third-order valence-corrected chi connectivity index (χ3v) is 2.84. The second kappa shape index (κ2) is 3.72. The van der Waals surface area contributed by atoms with Crippen molar-refractivity contribution in [2.45, 2.75) is 25.9 Å². The van der Waals surface area contributed by atoms with Crippen LogP contribution in [0.5, 0.6) is 0 Å². The van der Waals surface area contributed by atoms with Crippen LogP contribution in [-0.4, -0.2) is 11.5 Å². The number of halogens is 2. The molecule has 1 N–H and O–H groups in total.